The van der Waals surface area contributed by atoms with Crippen LogP contribution in [0.15, 0.2) is 48.5 Å². The summed E-state index contributed by atoms with van der Waals surface area (Å²) >= 11 is 12.2. The van der Waals surface area contributed by atoms with Crippen molar-refractivity contribution in [3.63, 3.8) is 0 Å². The van der Waals surface area contributed by atoms with Gasteiger partial charge in [0, 0.05) is 22.4 Å². The van der Waals surface area contributed by atoms with Crippen molar-refractivity contribution in [1.29, 1.82) is 0 Å². The zero-order chi connectivity index (χ0) is 16.1. The summed E-state index contributed by atoms with van der Waals surface area (Å²) in [6.07, 6.45) is 0.0340. The van der Waals surface area contributed by atoms with E-state index in [9.17, 15) is 4.79 Å². The van der Waals surface area contributed by atoms with Gasteiger partial charge in [0.2, 0.25) is 0 Å². The summed E-state index contributed by atoms with van der Waals surface area (Å²) in [6.45, 7) is 3.67. The van der Waals surface area contributed by atoms with Crippen molar-refractivity contribution in [2.75, 3.05) is 0 Å². The lowest BCUT2D eigenvalue weighted by atomic mass is 9.87. The third kappa shape index (κ3) is 4.25. The number of halogens is 2. The molecule has 0 heterocycles. The largest absolute Gasteiger partial charge is 0.462 e. The van der Waals surface area contributed by atoms with Crippen molar-refractivity contribution in [3.8, 4) is 0 Å². The van der Waals surface area contributed by atoms with E-state index in [1.54, 1.807) is 6.92 Å². The molecule has 1 unspecified atom stereocenters. The van der Waals surface area contributed by atoms with Gasteiger partial charge in [0.05, 0.1) is 0 Å². The molecule has 0 saturated heterocycles. The maximum Gasteiger partial charge on any atom is 0.305 e. The number of hydrogen-bond acceptors (Lipinski definition) is 2. The van der Waals surface area contributed by atoms with Gasteiger partial charge < -0.3 is 4.74 Å². The molecule has 0 radical (unpaired) electrons. The Hall–Kier alpha value is -1.51. The second kappa shape index (κ2) is 7.66. The van der Waals surface area contributed by atoms with Gasteiger partial charge in [0.15, 0.2) is 0 Å². The Kier molecular flexibility index (Phi) is 5.87. The summed E-state index contributed by atoms with van der Waals surface area (Å²) in [7, 11) is 0. The number of carbonyl (C=O) groups excluding carboxylic acids is 1. The molecule has 0 bridgehead atoms. The van der Waals surface area contributed by atoms with Crippen molar-refractivity contribution in [2.45, 2.75) is 32.3 Å². The standard InChI is InChI=1S/C18H18Cl2O2/c1-3-17(21)22-12(2)18(13-6-4-8-15(19)10-13)14-7-5-9-16(20)11-14/h4-12,18H,3H2,1-2H3. The molecule has 0 aromatic heterocycles. The van der Waals surface area contributed by atoms with E-state index in [4.69, 9.17) is 27.9 Å². The average molecular weight is 337 g/mol. The van der Waals surface area contributed by atoms with Gasteiger partial charge >= 0.3 is 5.97 Å². The first-order valence-electron chi connectivity index (χ1n) is 7.21. The van der Waals surface area contributed by atoms with Gasteiger partial charge in [0.1, 0.15) is 6.10 Å². The molecule has 0 aliphatic rings. The summed E-state index contributed by atoms with van der Waals surface area (Å²) in [6, 6.07) is 15.2. The van der Waals surface area contributed by atoms with Gasteiger partial charge in [0.25, 0.3) is 0 Å². The van der Waals surface area contributed by atoms with E-state index >= 15 is 0 Å². The highest BCUT2D eigenvalue weighted by molar-refractivity contribution is 6.31. The maximum absolute atomic E-state index is 11.6. The van der Waals surface area contributed by atoms with Crippen molar-refractivity contribution in [3.05, 3.63) is 69.7 Å². The van der Waals surface area contributed by atoms with Crippen LogP contribution >= 0.6 is 23.2 Å². The van der Waals surface area contributed by atoms with Crippen molar-refractivity contribution in [2.24, 2.45) is 0 Å². The first-order chi connectivity index (χ1) is 10.5. The predicted molar refractivity (Wildman–Crippen MR) is 90.6 cm³/mol. The van der Waals surface area contributed by atoms with Gasteiger partial charge in [-0.05, 0) is 42.3 Å². The molecule has 2 rings (SSSR count). The van der Waals surface area contributed by atoms with Crippen LogP contribution in [0.5, 0.6) is 0 Å². The van der Waals surface area contributed by atoms with Crippen molar-refractivity contribution < 1.29 is 9.53 Å². The lowest BCUT2D eigenvalue weighted by Crippen LogP contribution is -2.23. The molecule has 0 aliphatic carbocycles. The minimum atomic E-state index is -0.315. The zero-order valence-corrected chi connectivity index (χ0v) is 14.1. The molecule has 2 aromatic carbocycles. The second-order valence-corrected chi connectivity index (χ2v) is 6.01. The summed E-state index contributed by atoms with van der Waals surface area (Å²) < 4.78 is 5.53. The van der Waals surface area contributed by atoms with Crippen LogP contribution in [0.1, 0.15) is 37.3 Å². The fourth-order valence-corrected chi connectivity index (χ4v) is 2.89. The van der Waals surface area contributed by atoms with Crippen molar-refractivity contribution in [1.82, 2.24) is 0 Å². The minimum Gasteiger partial charge on any atom is -0.462 e. The third-order valence-electron chi connectivity index (χ3n) is 3.49. The lowest BCUT2D eigenvalue weighted by molar-refractivity contribution is -0.148. The summed E-state index contributed by atoms with van der Waals surface area (Å²) in [5, 5.41) is 1.30. The Balaban J connectivity index is 2.42. The molecule has 0 fully saturated rings. The highest BCUT2D eigenvalue weighted by Crippen LogP contribution is 2.32. The number of rotatable bonds is 5. The van der Waals surface area contributed by atoms with Crippen LogP contribution in [0.2, 0.25) is 10.0 Å². The molecule has 1 atom stereocenters. The molecular weight excluding hydrogens is 319 g/mol. The number of benzene rings is 2. The van der Waals surface area contributed by atoms with E-state index in [0.29, 0.717) is 16.5 Å². The Morgan fingerprint density at radius 2 is 1.55 bits per heavy atom. The smallest absolute Gasteiger partial charge is 0.305 e. The molecular formula is C18H18Cl2O2. The van der Waals surface area contributed by atoms with E-state index < -0.39 is 0 Å². The molecule has 116 valence electrons. The highest BCUT2D eigenvalue weighted by Gasteiger charge is 2.24. The van der Waals surface area contributed by atoms with Crippen LogP contribution in [0.25, 0.3) is 0 Å². The number of esters is 1. The second-order valence-electron chi connectivity index (χ2n) is 5.14. The first-order valence-corrected chi connectivity index (χ1v) is 7.97. The Morgan fingerprint density at radius 3 is 1.95 bits per heavy atom. The van der Waals surface area contributed by atoms with Gasteiger partial charge in [-0.3, -0.25) is 4.79 Å². The van der Waals surface area contributed by atoms with Gasteiger partial charge in [-0.2, -0.15) is 0 Å². The Bertz CT molecular complexity index is 610. The van der Waals surface area contributed by atoms with Crippen molar-refractivity contribution >= 4 is 29.2 Å². The Labute approximate surface area is 141 Å². The topological polar surface area (TPSA) is 26.3 Å². The maximum atomic E-state index is 11.6. The average Bonchev–Trinajstić information content (AvgIpc) is 2.47. The molecule has 0 saturated carbocycles. The van der Waals surface area contributed by atoms with E-state index in [2.05, 4.69) is 0 Å². The summed E-state index contributed by atoms with van der Waals surface area (Å²) in [4.78, 5) is 11.6. The zero-order valence-electron chi connectivity index (χ0n) is 12.6. The minimum absolute atomic E-state index is 0.118. The highest BCUT2D eigenvalue weighted by atomic mass is 35.5. The van der Waals surface area contributed by atoms with Gasteiger partial charge in [-0.15, -0.1) is 0 Å². The number of carbonyl (C=O) groups is 1. The van der Waals surface area contributed by atoms with E-state index in [-0.39, 0.29) is 18.0 Å². The van der Waals surface area contributed by atoms with E-state index in [1.165, 1.54) is 0 Å². The molecule has 2 aromatic rings. The fraction of sp³-hybridized carbons (Fsp3) is 0.278. The van der Waals surface area contributed by atoms with Crippen LogP contribution in [0.4, 0.5) is 0 Å². The summed E-state index contributed by atoms with van der Waals surface area (Å²) in [5.74, 6) is -0.338. The molecule has 2 nitrogen and oxygen atoms in total. The van der Waals surface area contributed by atoms with Gasteiger partial charge in [-0.25, -0.2) is 0 Å². The van der Waals surface area contributed by atoms with E-state index in [1.807, 2.05) is 55.5 Å². The fourth-order valence-electron chi connectivity index (χ4n) is 2.49. The van der Waals surface area contributed by atoms with E-state index in [0.717, 1.165) is 11.1 Å². The molecule has 0 spiro atoms. The Morgan fingerprint density at radius 1 is 1.05 bits per heavy atom. The number of hydrogen-bond donors (Lipinski definition) is 0. The predicted octanol–water partition coefficient (Wildman–Crippen LogP) is 5.47. The van der Waals surface area contributed by atoms with Crippen LogP contribution in [0, 0.1) is 0 Å². The number of ether oxygens (including phenoxy) is 1. The SMILES string of the molecule is CCC(=O)OC(C)C(c1cccc(Cl)c1)c1cccc(Cl)c1. The molecule has 0 aliphatic heterocycles. The first kappa shape index (κ1) is 16.9. The van der Waals surface area contributed by atoms with Crippen LogP contribution < -0.4 is 0 Å². The molecule has 22 heavy (non-hydrogen) atoms. The summed E-state index contributed by atoms with van der Waals surface area (Å²) in [5.41, 5.74) is 1.98. The normalized spacial score (nSPS) is 12.2. The molecule has 4 heteroatoms. The quantitative estimate of drug-likeness (QED) is 0.677. The monoisotopic (exact) mass is 336 g/mol. The van der Waals surface area contributed by atoms with Crippen LogP contribution in [0.3, 0.4) is 0 Å². The van der Waals surface area contributed by atoms with Crippen LogP contribution in [-0.4, -0.2) is 12.1 Å². The molecule has 0 N–H and O–H groups in total. The third-order valence-corrected chi connectivity index (χ3v) is 3.96. The van der Waals surface area contributed by atoms with Gasteiger partial charge in [-0.1, -0.05) is 54.4 Å². The lowest BCUT2D eigenvalue weighted by Gasteiger charge is -2.25. The molecule has 0 amide bonds. The van der Waals surface area contributed by atoms with Crippen LogP contribution in [-0.2, 0) is 9.53 Å².